The standard InChI is InChI=1S/C13H21NO3/c1-7(6-8-4-5-8)14-11(15)9-10(12(16)17)13(9,2)3/h7-10H,4-6H2,1-3H3,(H,14,15)(H,16,17)/t7?,9-,10+/m1/s1. The molecule has 2 saturated carbocycles. The first kappa shape index (κ1) is 12.4. The van der Waals surface area contributed by atoms with E-state index in [2.05, 4.69) is 5.32 Å². The Bertz CT molecular complexity index is 347. The van der Waals surface area contributed by atoms with Gasteiger partial charge in [-0.25, -0.2) is 0 Å². The van der Waals surface area contributed by atoms with E-state index in [1.807, 2.05) is 20.8 Å². The van der Waals surface area contributed by atoms with Gasteiger partial charge in [0.15, 0.2) is 0 Å². The molecule has 0 spiro atoms. The third-order valence-electron chi connectivity index (χ3n) is 4.15. The monoisotopic (exact) mass is 239 g/mol. The molecule has 0 radical (unpaired) electrons. The highest BCUT2D eigenvalue weighted by atomic mass is 16.4. The molecule has 1 unspecified atom stereocenters. The number of carboxylic acids is 1. The van der Waals surface area contributed by atoms with Gasteiger partial charge in [-0.3, -0.25) is 9.59 Å². The van der Waals surface area contributed by atoms with E-state index in [4.69, 9.17) is 5.11 Å². The Morgan fingerprint density at radius 2 is 1.94 bits per heavy atom. The topological polar surface area (TPSA) is 66.4 Å². The largest absolute Gasteiger partial charge is 0.481 e. The molecular weight excluding hydrogens is 218 g/mol. The van der Waals surface area contributed by atoms with Gasteiger partial charge in [0.05, 0.1) is 11.8 Å². The Labute approximate surface area is 102 Å². The van der Waals surface area contributed by atoms with Crippen molar-refractivity contribution in [3.63, 3.8) is 0 Å². The van der Waals surface area contributed by atoms with Crippen LogP contribution in [-0.2, 0) is 9.59 Å². The van der Waals surface area contributed by atoms with Gasteiger partial charge in [-0.2, -0.15) is 0 Å². The van der Waals surface area contributed by atoms with E-state index in [0.717, 1.165) is 12.3 Å². The number of rotatable bonds is 5. The molecule has 0 aromatic carbocycles. The van der Waals surface area contributed by atoms with Gasteiger partial charge < -0.3 is 10.4 Å². The Morgan fingerprint density at radius 1 is 1.35 bits per heavy atom. The summed E-state index contributed by atoms with van der Waals surface area (Å²) in [6.07, 6.45) is 3.57. The van der Waals surface area contributed by atoms with E-state index in [9.17, 15) is 9.59 Å². The quantitative estimate of drug-likeness (QED) is 0.766. The molecule has 4 heteroatoms. The summed E-state index contributed by atoms with van der Waals surface area (Å²) < 4.78 is 0. The number of aliphatic carboxylic acids is 1. The zero-order valence-corrected chi connectivity index (χ0v) is 10.7. The van der Waals surface area contributed by atoms with Crippen LogP contribution in [0.1, 0.15) is 40.0 Å². The molecule has 0 aromatic heterocycles. The maximum absolute atomic E-state index is 12.0. The van der Waals surface area contributed by atoms with Crippen LogP contribution < -0.4 is 5.32 Å². The minimum Gasteiger partial charge on any atom is -0.481 e. The second-order valence-electron chi connectivity index (χ2n) is 6.20. The lowest BCUT2D eigenvalue weighted by atomic mass is 10.1. The van der Waals surface area contributed by atoms with Crippen LogP contribution in [-0.4, -0.2) is 23.0 Å². The summed E-state index contributed by atoms with van der Waals surface area (Å²) in [5, 5.41) is 12.0. The molecular formula is C13H21NO3. The predicted octanol–water partition coefficient (Wildman–Crippen LogP) is 1.65. The van der Waals surface area contributed by atoms with Gasteiger partial charge in [0.1, 0.15) is 0 Å². The fourth-order valence-corrected chi connectivity index (χ4v) is 2.83. The zero-order valence-electron chi connectivity index (χ0n) is 10.7. The fraction of sp³-hybridized carbons (Fsp3) is 0.846. The molecule has 2 fully saturated rings. The normalized spacial score (nSPS) is 31.7. The first-order chi connectivity index (χ1) is 7.84. The molecule has 1 amide bonds. The van der Waals surface area contributed by atoms with Crippen molar-refractivity contribution in [2.24, 2.45) is 23.2 Å². The highest BCUT2D eigenvalue weighted by Crippen LogP contribution is 2.58. The average Bonchev–Trinajstić information content (AvgIpc) is 3.02. The summed E-state index contributed by atoms with van der Waals surface area (Å²) in [5.41, 5.74) is -0.394. The molecule has 3 atom stereocenters. The third-order valence-corrected chi connectivity index (χ3v) is 4.15. The zero-order chi connectivity index (χ0) is 12.8. The van der Waals surface area contributed by atoms with Crippen molar-refractivity contribution in [2.75, 3.05) is 0 Å². The highest BCUT2D eigenvalue weighted by Gasteiger charge is 2.65. The first-order valence-electron chi connectivity index (χ1n) is 6.37. The van der Waals surface area contributed by atoms with Gasteiger partial charge in [0.25, 0.3) is 0 Å². The van der Waals surface area contributed by atoms with E-state index in [-0.39, 0.29) is 17.9 Å². The Balaban J connectivity index is 1.86. The molecule has 0 heterocycles. The fourth-order valence-electron chi connectivity index (χ4n) is 2.83. The molecule has 4 nitrogen and oxygen atoms in total. The summed E-state index contributed by atoms with van der Waals surface area (Å²) in [6, 6.07) is 0.167. The summed E-state index contributed by atoms with van der Waals surface area (Å²) in [7, 11) is 0. The summed E-state index contributed by atoms with van der Waals surface area (Å²) in [4.78, 5) is 23.0. The molecule has 96 valence electrons. The SMILES string of the molecule is CC(CC1CC1)NC(=O)[C@H]1[C@@H](C(=O)O)C1(C)C. The number of carbonyl (C=O) groups excluding carboxylic acids is 1. The van der Waals surface area contributed by atoms with Gasteiger partial charge in [0, 0.05) is 6.04 Å². The molecule has 0 saturated heterocycles. The number of nitrogens with one attached hydrogen (secondary N) is 1. The van der Waals surface area contributed by atoms with Crippen LogP contribution in [0, 0.1) is 23.2 Å². The Morgan fingerprint density at radius 3 is 2.35 bits per heavy atom. The maximum Gasteiger partial charge on any atom is 0.307 e. The Hall–Kier alpha value is -1.06. The van der Waals surface area contributed by atoms with Gasteiger partial charge in [-0.1, -0.05) is 26.7 Å². The van der Waals surface area contributed by atoms with E-state index < -0.39 is 17.3 Å². The van der Waals surface area contributed by atoms with Crippen molar-refractivity contribution >= 4 is 11.9 Å². The van der Waals surface area contributed by atoms with E-state index >= 15 is 0 Å². The van der Waals surface area contributed by atoms with E-state index in [0.29, 0.717) is 0 Å². The van der Waals surface area contributed by atoms with Crippen molar-refractivity contribution < 1.29 is 14.7 Å². The summed E-state index contributed by atoms with van der Waals surface area (Å²) in [5.74, 6) is -1.05. The average molecular weight is 239 g/mol. The lowest BCUT2D eigenvalue weighted by Crippen LogP contribution is -2.35. The molecule has 2 aliphatic carbocycles. The molecule has 0 bridgehead atoms. The summed E-state index contributed by atoms with van der Waals surface area (Å²) >= 11 is 0. The summed E-state index contributed by atoms with van der Waals surface area (Å²) in [6.45, 7) is 5.70. The number of carboxylic acid groups (broad SMARTS) is 1. The molecule has 0 aliphatic heterocycles. The van der Waals surface area contributed by atoms with Crippen LogP contribution in [0.3, 0.4) is 0 Å². The van der Waals surface area contributed by atoms with Gasteiger partial charge in [-0.15, -0.1) is 0 Å². The third kappa shape index (κ3) is 2.45. The molecule has 2 N–H and O–H groups in total. The minimum atomic E-state index is -0.856. The van der Waals surface area contributed by atoms with Crippen LogP contribution in [0.4, 0.5) is 0 Å². The number of hydrogen-bond donors (Lipinski definition) is 2. The van der Waals surface area contributed by atoms with Crippen molar-refractivity contribution in [3.8, 4) is 0 Å². The van der Waals surface area contributed by atoms with Crippen molar-refractivity contribution in [3.05, 3.63) is 0 Å². The predicted molar refractivity (Wildman–Crippen MR) is 63.3 cm³/mol. The van der Waals surface area contributed by atoms with Gasteiger partial charge >= 0.3 is 5.97 Å². The van der Waals surface area contributed by atoms with Gasteiger partial charge in [0.2, 0.25) is 5.91 Å². The number of hydrogen-bond acceptors (Lipinski definition) is 2. The molecule has 0 aromatic rings. The smallest absolute Gasteiger partial charge is 0.307 e. The maximum atomic E-state index is 12.0. The molecule has 2 aliphatic rings. The van der Waals surface area contributed by atoms with Crippen molar-refractivity contribution in [1.82, 2.24) is 5.32 Å². The Kier molecular flexibility index (Phi) is 2.92. The van der Waals surface area contributed by atoms with Crippen LogP contribution in [0.2, 0.25) is 0 Å². The van der Waals surface area contributed by atoms with Crippen molar-refractivity contribution in [2.45, 2.75) is 46.1 Å². The first-order valence-corrected chi connectivity index (χ1v) is 6.37. The lowest BCUT2D eigenvalue weighted by molar-refractivity contribution is -0.140. The minimum absolute atomic E-state index is 0.0875. The second-order valence-corrected chi connectivity index (χ2v) is 6.20. The van der Waals surface area contributed by atoms with Crippen LogP contribution >= 0.6 is 0 Å². The van der Waals surface area contributed by atoms with E-state index in [1.165, 1.54) is 12.8 Å². The van der Waals surface area contributed by atoms with Crippen LogP contribution in [0.25, 0.3) is 0 Å². The van der Waals surface area contributed by atoms with Crippen molar-refractivity contribution in [1.29, 1.82) is 0 Å². The number of amides is 1. The van der Waals surface area contributed by atoms with Crippen LogP contribution in [0.5, 0.6) is 0 Å². The number of carbonyl (C=O) groups is 2. The molecule has 17 heavy (non-hydrogen) atoms. The van der Waals surface area contributed by atoms with Crippen LogP contribution in [0.15, 0.2) is 0 Å². The lowest BCUT2D eigenvalue weighted by Gasteiger charge is -2.13. The van der Waals surface area contributed by atoms with E-state index in [1.54, 1.807) is 0 Å². The molecule has 2 rings (SSSR count). The highest BCUT2D eigenvalue weighted by molar-refractivity contribution is 5.91. The van der Waals surface area contributed by atoms with Gasteiger partial charge in [-0.05, 0) is 24.7 Å². The second kappa shape index (κ2) is 4.00.